The summed E-state index contributed by atoms with van der Waals surface area (Å²) >= 11 is 5.55. The normalized spacial score (nSPS) is 15.8. The molecule has 46 heavy (non-hydrogen) atoms. The molecule has 0 amide bonds. The molecule has 6 rings (SSSR count). The molecule has 14 heteroatoms. The largest absolute Gasteiger partial charge is 0.492 e. The molecule has 2 saturated heterocycles. The number of aromatic nitrogens is 3. The Morgan fingerprint density at radius 3 is 2.24 bits per heavy atom. The maximum absolute atomic E-state index is 13.4. The van der Waals surface area contributed by atoms with Crippen LogP contribution in [-0.2, 0) is 15.7 Å². The van der Waals surface area contributed by atoms with Crippen molar-refractivity contribution in [1.29, 1.82) is 0 Å². The summed E-state index contributed by atoms with van der Waals surface area (Å²) in [5, 5.41) is 0.969. The highest BCUT2D eigenvalue weighted by Crippen LogP contribution is 2.37. The summed E-state index contributed by atoms with van der Waals surface area (Å²) in [5.41, 5.74) is 0.774. The van der Waals surface area contributed by atoms with Gasteiger partial charge in [0.1, 0.15) is 24.4 Å². The Bertz CT molecular complexity index is 1520. The van der Waals surface area contributed by atoms with E-state index in [2.05, 4.69) is 24.8 Å². The van der Waals surface area contributed by atoms with E-state index in [1.165, 1.54) is 12.4 Å². The standard InChI is InChI=1S/C26H23F3N4O3.C6H12ClNO.ClH/c27-26(28,29)19-4-6-21(24(14-19)35-13-10-33-8-11-34-12-9-33)23-16-25(32-17-31-23)36-20-5-3-18-2-1-7-30-22(18)15-20;7-1-2-8-3-5-9-6-4-8;/h1-7,14-17H,8-13H2;1-6H2;1H. The fraction of sp³-hybridized carbons (Fsp3) is 0.406. The van der Waals surface area contributed by atoms with Gasteiger partial charge in [0.15, 0.2) is 0 Å². The summed E-state index contributed by atoms with van der Waals surface area (Å²) in [6.45, 7) is 8.43. The molecule has 0 atom stereocenters. The zero-order chi connectivity index (χ0) is 31.5. The Kier molecular flexibility index (Phi) is 13.6. The predicted molar refractivity (Wildman–Crippen MR) is 172 cm³/mol. The van der Waals surface area contributed by atoms with Crippen LogP contribution in [0.25, 0.3) is 22.2 Å². The SMILES string of the molecule is Cl.ClCCN1CCOCC1.FC(F)(F)c1ccc(-c2cc(Oc3ccc4cccnc4c3)ncn2)c(OCCN2CCOCC2)c1. The Hall–Kier alpha value is -3.26. The van der Waals surface area contributed by atoms with Gasteiger partial charge in [0.05, 0.1) is 43.2 Å². The minimum atomic E-state index is -4.50. The van der Waals surface area contributed by atoms with Gasteiger partial charge in [-0.2, -0.15) is 13.2 Å². The molecule has 2 aliphatic heterocycles. The summed E-state index contributed by atoms with van der Waals surface area (Å²) in [5.74, 6) is 1.60. The molecule has 0 spiro atoms. The molecule has 0 unspecified atom stereocenters. The van der Waals surface area contributed by atoms with E-state index in [4.69, 9.17) is 30.5 Å². The van der Waals surface area contributed by atoms with Gasteiger partial charge >= 0.3 is 6.18 Å². The van der Waals surface area contributed by atoms with Crippen molar-refractivity contribution >= 4 is 34.9 Å². The molecular formula is C32H36Cl2F3N5O4. The van der Waals surface area contributed by atoms with E-state index in [1.54, 1.807) is 24.4 Å². The quantitative estimate of drug-likeness (QED) is 0.192. The second kappa shape index (κ2) is 17.6. The van der Waals surface area contributed by atoms with Crippen LogP contribution in [0.1, 0.15) is 5.56 Å². The van der Waals surface area contributed by atoms with Crippen LogP contribution in [0, 0.1) is 0 Å². The van der Waals surface area contributed by atoms with Gasteiger partial charge in [0.25, 0.3) is 0 Å². The van der Waals surface area contributed by atoms with Crippen LogP contribution >= 0.6 is 24.0 Å². The number of rotatable bonds is 9. The molecule has 4 aromatic rings. The lowest BCUT2D eigenvalue weighted by Crippen LogP contribution is -2.38. The second-order valence-corrected chi connectivity index (χ2v) is 10.7. The van der Waals surface area contributed by atoms with Crippen LogP contribution in [0.15, 0.2) is 67.1 Å². The van der Waals surface area contributed by atoms with Crippen LogP contribution in [0.2, 0.25) is 0 Å². The third kappa shape index (κ3) is 10.4. The fourth-order valence-electron chi connectivity index (χ4n) is 4.86. The van der Waals surface area contributed by atoms with Crippen molar-refractivity contribution in [3.05, 3.63) is 72.7 Å². The molecule has 248 valence electrons. The van der Waals surface area contributed by atoms with Crippen LogP contribution in [0.5, 0.6) is 17.4 Å². The number of nitrogens with zero attached hydrogens (tertiary/aromatic N) is 5. The monoisotopic (exact) mass is 681 g/mol. The number of ether oxygens (including phenoxy) is 4. The highest BCUT2D eigenvalue weighted by atomic mass is 35.5. The molecule has 4 heterocycles. The van der Waals surface area contributed by atoms with Crippen LogP contribution in [0.4, 0.5) is 13.2 Å². The van der Waals surface area contributed by atoms with Crippen molar-refractivity contribution in [3.8, 4) is 28.6 Å². The maximum atomic E-state index is 13.4. The molecule has 2 aliphatic rings. The van der Waals surface area contributed by atoms with Gasteiger partial charge in [-0.15, -0.1) is 24.0 Å². The molecule has 2 aromatic heterocycles. The van der Waals surface area contributed by atoms with E-state index in [0.29, 0.717) is 36.8 Å². The summed E-state index contributed by atoms with van der Waals surface area (Å²) < 4.78 is 62.4. The lowest BCUT2D eigenvalue weighted by Gasteiger charge is -2.26. The summed E-state index contributed by atoms with van der Waals surface area (Å²) in [4.78, 5) is 17.2. The summed E-state index contributed by atoms with van der Waals surface area (Å²) in [6.07, 6.45) is -1.50. The number of hydrogen-bond acceptors (Lipinski definition) is 9. The van der Waals surface area contributed by atoms with Crippen molar-refractivity contribution < 1.29 is 32.1 Å². The third-order valence-electron chi connectivity index (χ3n) is 7.30. The number of pyridine rings is 1. The van der Waals surface area contributed by atoms with Crippen molar-refractivity contribution in [1.82, 2.24) is 24.8 Å². The number of alkyl halides is 4. The van der Waals surface area contributed by atoms with Crippen molar-refractivity contribution in [2.24, 2.45) is 0 Å². The lowest BCUT2D eigenvalue weighted by molar-refractivity contribution is -0.137. The number of halogens is 5. The van der Waals surface area contributed by atoms with Gasteiger partial charge in [-0.1, -0.05) is 6.07 Å². The van der Waals surface area contributed by atoms with Gasteiger partial charge in [0, 0.05) is 74.4 Å². The predicted octanol–water partition coefficient (Wildman–Crippen LogP) is 6.19. The van der Waals surface area contributed by atoms with Crippen molar-refractivity contribution in [2.75, 3.05) is 78.2 Å². The van der Waals surface area contributed by atoms with E-state index < -0.39 is 11.7 Å². The minimum Gasteiger partial charge on any atom is -0.492 e. The fourth-order valence-corrected chi connectivity index (χ4v) is 5.10. The molecule has 2 fully saturated rings. The third-order valence-corrected chi connectivity index (χ3v) is 7.47. The van der Waals surface area contributed by atoms with Crippen LogP contribution in [-0.4, -0.2) is 103 Å². The average molecular weight is 683 g/mol. The Balaban J connectivity index is 0.000000416. The molecule has 0 N–H and O–H groups in total. The first-order valence-electron chi connectivity index (χ1n) is 14.7. The highest BCUT2D eigenvalue weighted by Gasteiger charge is 2.31. The number of benzene rings is 2. The zero-order valence-electron chi connectivity index (χ0n) is 25.1. The minimum absolute atomic E-state index is 0. The number of fused-ring (bicyclic) bond motifs is 1. The smallest absolute Gasteiger partial charge is 0.416 e. The Labute approximate surface area is 277 Å². The van der Waals surface area contributed by atoms with Crippen molar-refractivity contribution in [2.45, 2.75) is 6.18 Å². The molecule has 2 aromatic carbocycles. The van der Waals surface area contributed by atoms with Crippen molar-refractivity contribution in [3.63, 3.8) is 0 Å². The number of hydrogen-bond donors (Lipinski definition) is 0. The first-order valence-corrected chi connectivity index (χ1v) is 15.3. The molecule has 0 saturated carbocycles. The first kappa shape index (κ1) is 35.6. The summed E-state index contributed by atoms with van der Waals surface area (Å²) in [6, 6.07) is 14.2. The Morgan fingerprint density at radius 1 is 0.826 bits per heavy atom. The second-order valence-electron chi connectivity index (χ2n) is 10.4. The van der Waals surface area contributed by atoms with E-state index in [1.807, 2.05) is 18.2 Å². The van der Waals surface area contributed by atoms with E-state index >= 15 is 0 Å². The van der Waals surface area contributed by atoms with E-state index in [9.17, 15) is 13.2 Å². The molecular weight excluding hydrogens is 646 g/mol. The molecule has 0 bridgehead atoms. The topological polar surface area (TPSA) is 82.1 Å². The Morgan fingerprint density at radius 2 is 1.54 bits per heavy atom. The molecule has 9 nitrogen and oxygen atoms in total. The van der Waals surface area contributed by atoms with Gasteiger partial charge in [-0.25, -0.2) is 9.97 Å². The van der Waals surface area contributed by atoms with Gasteiger partial charge in [-0.05, 0) is 36.4 Å². The highest BCUT2D eigenvalue weighted by molar-refractivity contribution is 6.18. The van der Waals surface area contributed by atoms with Gasteiger partial charge < -0.3 is 18.9 Å². The van der Waals surface area contributed by atoms with E-state index in [-0.39, 0.29) is 30.6 Å². The number of morpholine rings is 2. The van der Waals surface area contributed by atoms with Crippen LogP contribution in [0.3, 0.4) is 0 Å². The molecule has 0 radical (unpaired) electrons. The van der Waals surface area contributed by atoms with Gasteiger partial charge in [0.2, 0.25) is 5.88 Å². The average Bonchev–Trinajstić information content (AvgIpc) is 3.06. The first-order chi connectivity index (χ1) is 21.9. The zero-order valence-corrected chi connectivity index (χ0v) is 26.7. The van der Waals surface area contributed by atoms with Gasteiger partial charge in [-0.3, -0.25) is 14.8 Å². The summed E-state index contributed by atoms with van der Waals surface area (Å²) in [7, 11) is 0. The van der Waals surface area contributed by atoms with E-state index in [0.717, 1.165) is 74.9 Å². The molecule has 0 aliphatic carbocycles. The van der Waals surface area contributed by atoms with Crippen LogP contribution < -0.4 is 9.47 Å². The lowest BCUT2D eigenvalue weighted by atomic mass is 10.1. The maximum Gasteiger partial charge on any atom is 0.416 e.